The Labute approximate surface area is 220 Å². The second-order valence-corrected chi connectivity index (χ2v) is 9.51. The van der Waals surface area contributed by atoms with Gasteiger partial charge in [0, 0.05) is 20.1 Å². The van der Waals surface area contributed by atoms with Crippen LogP contribution in [0.4, 0.5) is 4.79 Å². The SMILES string of the molecule is CNC(=O)[C@@H](CNC(=O)C(CCCNC(=O)OC(C)(C)C)NC(N)=N[N+](=O)[O-])c1ccc2ccccc2c1. The second kappa shape index (κ2) is 13.8. The number of nitrogens with zero attached hydrogens (tertiary/aromatic N) is 2. The average Bonchev–Trinajstić information content (AvgIpc) is 2.84. The minimum Gasteiger partial charge on any atom is -0.444 e. The molecular weight excluding hydrogens is 494 g/mol. The van der Waals surface area contributed by atoms with Gasteiger partial charge in [0.15, 0.2) is 5.03 Å². The number of amides is 3. The van der Waals surface area contributed by atoms with E-state index < -0.39 is 40.6 Å². The smallest absolute Gasteiger partial charge is 0.407 e. The predicted octanol–water partition coefficient (Wildman–Crippen LogP) is 1.56. The van der Waals surface area contributed by atoms with E-state index in [0.717, 1.165) is 10.8 Å². The van der Waals surface area contributed by atoms with Crippen molar-refractivity contribution in [3.8, 4) is 0 Å². The number of fused-ring (bicyclic) bond motifs is 1. The highest BCUT2D eigenvalue weighted by molar-refractivity contribution is 5.90. The number of carbonyl (C=O) groups excluding carboxylic acids is 3. The van der Waals surface area contributed by atoms with Crippen LogP contribution in [-0.2, 0) is 14.3 Å². The van der Waals surface area contributed by atoms with Crippen molar-refractivity contribution in [2.24, 2.45) is 10.8 Å². The predicted molar refractivity (Wildman–Crippen MR) is 143 cm³/mol. The van der Waals surface area contributed by atoms with Crippen LogP contribution in [0.3, 0.4) is 0 Å². The maximum absolute atomic E-state index is 13.0. The number of ether oxygens (including phenoxy) is 1. The molecule has 1 unspecified atom stereocenters. The molecule has 2 aromatic carbocycles. The van der Waals surface area contributed by atoms with Crippen molar-refractivity contribution in [3.05, 3.63) is 58.1 Å². The third kappa shape index (κ3) is 9.91. The Bertz CT molecular complexity index is 1180. The van der Waals surface area contributed by atoms with Gasteiger partial charge in [0.2, 0.25) is 11.8 Å². The summed E-state index contributed by atoms with van der Waals surface area (Å²) in [5.74, 6) is -2.07. The molecule has 0 heterocycles. The molecule has 13 nitrogen and oxygen atoms in total. The number of carbonyl (C=O) groups is 3. The van der Waals surface area contributed by atoms with E-state index in [2.05, 4.69) is 26.4 Å². The van der Waals surface area contributed by atoms with Crippen molar-refractivity contribution in [2.75, 3.05) is 20.1 Å². The van der Waals surface area contributed by atoms with Gasteiger partial charge in [-0.2, -0.15) is 0 Å². The van der Waals surface area contributed by atoms with E-state index in [1.165, 1.54) is 7.05 Å². The van der Waals surface area contributed by atoms with Crippen molar-refractivity contribution in [2.45, 2.75) is 51.2 Å². The lowest BCUT2D eigenvalue weighted by Gasteiger charge is -2.22. The molecule has 0 spiro atoms. The maximum Gasteiger partial charge on any atom is 0.407 e. The number of rotatable bonds is 11. The van der Waals surface area contributed by atoms with E-state index >= 15 is 0 Å². The zero-order chi connectivity index (χ0) is 28.3. The van der Waals surface area contributed by atoms with E-state index in [-0.39, 0.29) is 25.4 Å². The number of benzene rings is 2. The molecule has 38 heavy (non-hydrogen) atoms. The van der Waals surface area contributed by atoms with Crippen LogP contribution in [0.5, 0.6) is 0 Å². The monoisotopic (exact) mass is 529 g/mol. The van der Waals surface area contributed by atoms with Gasteiger partial charge in [-0.15, -0.1) is 0 Å². The van der Waals surface area contributed by atoms with Crippen molar-refractivity contribution in [1.29, 1.82) is 0 Å². The van der Waals surface area contributed by atoms with Gasteiger partial charge in [0.25, 0.3) is 5.96 Å². The van der Waals surface area contributed by atoms with E-state index in [1.54, 1.807) is 20.8 Å². The van der Waals surface area contributed by atoms with Gasteiger partial charge in [-0.05, 0) is 49.9 Å². The number of nitrogens with one attached hydrogen (secondary N) is 4. The Balaban J connectivity index is 2.09. The van der Waals surface area contributed by atoms with Gasteiger partial charge < -0.3 is 31.7 Å². The Morgan fingerprint density at radius 3 is 2.39 bits per heavy atom. The molecule has 2 rings (SSSR count). The summed E-state index contributed by atoms with van der Waals surface area (Å²) in [5.41, 5.74) is 5.62. The van der Waals surface area contributed by atoms with Crippen molar-refractivity contribution in [1.82, 2.24) is 21.3 Å². The van der Waals surface area contributed by atoms with E-state index in [4.69, 9.17) is 10.5 Å². The molecule has 0 saturated heterocycles. The summed E-state index contributed by atoms with van der Waals surface area (Å²) in [6, 6.07) is 12.3. The molecule has 2 aromatic rings. The first-order chi connectivity index (χ1) is 17.9. The number of hydrogen-bond acceptors (Lipinski definition) is 6. The number of guanidine groups is 1. The number of alkyl carbamates (subject to hydrolysis) is 1. The standard InChI is InChI=1S/C25H35N7O6/c1-25(2,3)38-24(35)28-13-7-10-20(30-23(26)31-32(36)37)22(34)29-15-19(21(33)27-4)18-12-11-16-8-5-6-9-17(16)14-18/h5-6,8-9,11-12,14,19-20H,7,10,13,15H2,1-4H3,(H,27,33)(H,28,35)(H,29,34)(H3,26,30,31)/t19-,20?/m0/s1. The summed E-state index contributed by atoms with van der Waals surface area (Å²) in [6.07, 6.45) is -0.139. The van der Waals surface area contributed by atoms with Crippen LogP contribution < -0.4 is 27.0 Å². The number of nitro groups is 1. The van der Waals surface area contributed by atoms with E-state index in [0.29, 0.717) is 12.0 Å². The minimum atomic E-state index is -1.01. The van der Waals surface area contributed by atoms with Crippen molar-refractivity contribution in [3.63, 3.8) is 0 Å². The highest BCUT2D eigenvalue weighted by Crippen LogP contribution is 2.22. The zero-order valence-corrected chi connectivity index (χ0v) is 21.9. The van der Waals surface area contributed by atoms with Gasteiger partial charge in [-0.1, -0.05) is 42.5 Å². The summed E-state index contributed by atoms with van der Waals surface area (Å²) in [5, 5.41) is 25.1. The quantitative estimate of drug-likeness (QED) is 0.0952. The molecule has 0 radical (unpaired) electrons. The fraction of sp³-hybridized carbons (Fsp3) is 0.440. The van der Waals surface area contributed by atoms with Crippen molar-refractivity contribution >= 4 is 34.6 Å². The van der Waals surface area contributed by atoms with E-state index in [1.807, 2.05) is 42.5 Å². The highest BCUT2D eigenvalue weighted by atomic mass is 16.7. The number of nitrogens with two attached hydrogens (primary N) is 1. The molecule has 0 aromatic heterocycles. The number of likely N-dealkylation sites (N-methyl/N-ethyl adjacent to an activating group) is 1. The van der Waals surface area contributed by atoms with Gasteiger partial charge in [0.05, 0.1) is 5.92 Å². The van der Waals surface area contributed by atoms with Gasteiger partial charge in [0.1, 0.15) is 16.7 Å². The lowest BCUT2D eigenvalue weighted by atomic mass is 9.95. The van der Waals surface area contributed by atoms with Gasteiger partial charge in [-0.25, -0.2) is 14.9 Å². The van der Waals surface area contributed by atoms with E-state index in [9.17, 15) is 24.5 Å². The first kappa shape index (κ1) is 29.8. The van der Waals surface area contributed by atoms with Crippen LogP contribution >= 0.6 is 0 Å². The minimum absolute atomic E-state index is 0.0303. The summed E-state index contributed by atoms with van der Waals surface area (Å²) < 4.78 is 5.17. The first-order valence-corrected chi connectivity index (χ1v) is 12.1. The number of hydrogen-bond donors (Lipinski definition) is 5. The topological polar surface area (TPSA) is 190 Å². The summed E-state index contributed by atoms with van der Waals surface area (Å²) in [7, 11) is 1.51. The highest BCUT2D eigenvalue weighted by Gasteiger charge is 2.25. The third-order valence-electron chi connectivity index (χ3n) is 5.38. The Morgan fingerprint density at radius 2 is 1.76 bits per heavy atom. The maximum atomic E-state index is 13.0. The molecule has 0 aliphatic carbocycles. The van der Waals surface area contributed by atoms with Gasteiger partial charge in [-0.3, -0.25) is 9.59 Å². The van der Waals surface area contributed by atoms with Crippen LogP contribution in [-0.4, -0.2) is 60.7 Å². The molecule has 0 aliphatic rings. The molecule has 0 saturated carbocycles. The lowest BCUT2D eigenvalue weighted by Crippen LogP contribution is -2.51. The van der Waals surface area contributed by atoms with Crippen LogP contribution in [0.1, 0.15) is 45.1 Å². The molecule has 0 bridgehead atoms. The average molecular weight is 530 g/mol. The summed E-state index contributed by atoms with van der Waals surface area (Å²) >= 11 is 0. The molecule has 6 N–H and O–H groups in total. The van der Waals surface area contributed by atoms with Crippen LogP contribution in [0.2, 0.25) is 0 Å². The molecule has 3 amide bonds. The molecule has 0 fully saturated rings. The zero-order valence-electron chi connectivity index (χ0n) is 21.9. The largest absolute Gasteiger partial charge is 0.444 e. The molecule has 2 atom stereocenters. The fourth-order valence-electron chi connectivity index (χ4n) is 3.66. The Kier molecular flexibility index (Phi) is 10.8. The molecule has 206 valence electrons. The van der Waals surface area contributed by atoms with Crippen LogP contribution in [0.25, 0.3) is 10.8 Å². The number of hydrazone groups is 1. The summed E-state index contributed by atoms with van der Waals surface area (Å²) in [4.78, 5) is 48.2. The van der Waals surface area contributed by atoms with Crippen molar-refractivity contribution < 1.29 is 24.2 Å². The second-order valence-electron chi connectivity index (χ2n) is 9.51. The lowest BCUT2D eigenvalue weighted by molar-refractivity contribution is -0.485. The van der Waals surface area contributed by atoms with Crippen LogP contribution in [0.15, 0.2) is 47.6 Å². The molecule has 0 aliphatic heterocycles. The Hall–Kier alpha value is -4.42. The van der Waals surface area contributed by atoms with Gasteiger partial charge >= 0.3 is 6.09 Å². The first-order valence-electron chi connectivity index (χ1n) is 12.1. The summed E-state index contributed by atoms with van der Waals surface area (Å²) in [6.45, 7) is 5.36. The molecular formula is C25H35N7O6. The van der Waals surface area contributed by atoms with Crippen LogP contribution in [0, 0.1) is 10.1 Å². The Morgan fingerprint density at radius 1 is 1.08 bits per heavy atom. The normalized spacial score (nSPS) is 13.2. The fourth-order valence-corrected chi connectivity index (χ4v) is 3.66. The third-order valence-corrected chi connectivity index (χ3v) is 5.38. The molecule has 13 heteroatoms.